The molecule has 0 spiro atoms. The van der Waals surface area contributed by atoms with Crippen molar-refractivity contribution in [3.8, 4) is 0 Å². The summed E-state index contributed by atoms with van der Waals surface area (Å²) in [5.74, 6) is -3.23. The quantitative estimate of drug-likeness (QED) is 0.533. The lowest BCUT2D eigenvalue weighted by molar-refractivity contribution is -0.129. The topological polar surface area (TPSA) is 122 Å². The molecule has 9 nitrogen and oxygen atoms in total. The molecule has 0 aliphatic rings. The molecule has 178 valence electrons. The molecule has 0 saturated carbocycles. The van der Waals surface area contributed by atoms with Crippen molar-refractivity contribution in [2.45, 2.75) is 31.8 Å². The summed E-state index contributed by atoms with van der Waals surface area (Å²) in [6.45, 7) is 5.59. The van der Waals surface area contributed by atoms with Crippen LogP contribution in [-0.2, 0) is 19.6 Å². The standard InChI is InChI=1S/C22H26FN3O6S/c1-4-24-22(29)25-20(27)19(15-10-8-7-9-11-15)32-21(28)17-14-16(12-13-18(17)23)33(30,31)26(5-2)6-3/h7-14,19H,4-6H2,1-3H3,(H2,24,25,27,29). The van der Waals surface area contributed by atoms with Gasteiger partial charge in [-0.25, -0.2) is 22.4 Å². The Labute approximate surface area is 192 Å². The van der Waals surface area contributed by atoms with Gasteiger partial charge in [-0.3, -0.25) is 10.1 Å². The fourth-order valence-electron chi connectivity index (χ4n) is 2.99. The van der Waals surface area contributed by atoms with Gasteiger partial charge in [0.05, 0.1) is 10.5 Å². The summed E-state index contributed by atoms with van der Waals surface area (Å²) in [6.07, 6.45) is -1.58. The van der Waals surface area contributed by atoms with Gasteiger partial charge < -0.3 is 10.1 Å². The maximum absolute atomic E-state index is 14.5. The molecule has 0 heterocycles. The third-order valence-corrected chi connectivity index (χ3v) is 6.69. The molecular weight excluding hydrogens is 453 g/mol. The molecule has 0 aliphatic heterocycles. The molecule has 11 heteroatoms. The number of benzene rings is 2. The van der Waals surface area contributed by atoms with Crippen molar-refractivity contribution < 1.29 is 31.9 Å². The van der Waals surface area contributed by atoms with Gasteiger partial charge in [-0.2, -0.15) is 4.31 Å². The van der Waals surface area contributed by atoms with Gasteiger partial charge >= 0.3 is 12.0 Å². The number of imide groups is 1. The van der Waals surface area contributed by atoms with E-state index in [0.29, 0.717) is 0 Å². The van der Waals surface area contributed by atoms with Crippen LogP contribution in [0.4, 0.5) is 9.18 Å². The van der Waals surface area contributed by atoms with E-state index in [-0.39, 0.29) is 30.1 Å². The molecule has 0 fully saturated rings. The molecule has 2 aromatic carbocycles. The molecular formula is C22H26FN3O6S. The normalized spacial score (nSPS) is 12.2. The smallest absolute Gasteiger partial charge is 0.342 e. The highest BCUT2D eigenvalue weighted by Gasteiger charge is 2.30. The van der Waals surface area contributed by atoms with Crippen molar-refractivity contribution in [2.75, 3.05) is 19.6 Å². The predicted molar refractivity (Wildman–Crippen MR) is 118 cm³/mol. The van der Waals surface area contributed by atoms with Crippen LogP contribution in [0.25, 0.3) is 0 Å². The largest absolute Gasteiger partial charge is 0.444 e. The van der Waals surface area contributed by atoms with E-state index in [2.05, 4.69) is 10.6 Å². The summed E-state index contributed by atoms with van der Waals surface area (Å²) in [5, 5.41) is 4.43. The monoisotopic (exact) mass is 479 g/mol. The molecule has 2 rings (SSSR count). The van der Waals surface area contributed by atoms with Gasteiger partial charge in [0.1, 0.15) is 5.82 Å². The highest BCUT2D eigenvalue weighted by Crippen LogP contribution is 2.23. The first-order chi connectivity index (χ1) is 15.6. The second-order valence-corrected chi connectivity index (χ2v) is 8.71. The molecule has 33 heavy (non-hydrogen) atoms. The highest BCUT2D eigenvalue weighted by atomic mass is 32.2. The Morgan fingerprint density at radius 3 is 2.24 bits per heavy atom. The van der Waals surface area contributed by atoms with Gasteiger partial charge in [0.25, 0.3) is 5.91 Å². The predicted octanol–water partition coefficient (Wildman–Crippen LogP) is 2.60. The number of nitrogens with one attached hydrogen (secondary N) is 2. The Morgan fingerprint density at radius 2 is 1.67 bits per heavy atom. The SMILES string of the molecule is CCNC(=O)NC(=O)C(OC(=O)c1cc(S(=O)(=O)N(CC)CC)ccc1F)c1ccccc1. The van der Waals surface area contributed by atoms with E-state index in [9.17, 15) is 27.2 Å². The first-order valence-electron chi connectivity index (χ1n) is 10.3. The van der Waals surface area contributed by atoms with Crippen molar-refractivity contribution >= 4 is 27.9 Å². The van der Waals surface area contributed by atoms with Crippen molar-refractivity contribution in [1.29, 1.82) is 0 Å². The summed E-state index contributed by atoms with van der Waals surface area (Å²) in [6, 6.07) is 9.81. The summed E-state index contributed by atoms with van der Waals surface area (Å²) in [5.41, 5.74) is -0.421. The third-order valence-electron chi connectivity index (χ3n) is 4.64. The molecule has 3 amide bonds. The van der Waals surface area contributed by atoms with E-state index < -0.39 is 45.4 Å². The Morgan fingerprint density at radius 1 is 1.03 bits per heavy atom. The van der Waals surface area contributed by atoms with Gasteiger partial charge in [-0.1, -0.05) is 44.2 Å². The minimum Gasteiger partial charge on any atom is -0.444 e. The second-order valence-electron chi connectivity index (χ2n) is 6.78. The van der Waals surface area contributed by atoms with Crippen molar-refractivity contribution in [1.82, 2.24) is 14.9 Å². The van der Waals surface area contributed by atoms with Crippen LogP contribution in [0.3, 0.4) is 0 Å². The summed E-state index contributed by atoms with van der Waals surface area (Å²) in [4.78, 5) is 36.9. The minimum atomic E-state index is -3.97. The van der Waals surface area contributed by atoms with Crippen LogP contribution in [0.15, 0.2) is 53.4 Å². The summed E-state index contributed by atoms with van der Waals surface area (Å²) >= 11 is 0. The molecule has 1 atom stereocenters. The second kappa shape index (κ2) is 11.5. The number of urea groups is 1. The highest BCUT2D eigenvalue weighted by molar-refractivity contribution is 7.89. The first kappa shape index (κ1) is 25.9. The number of amides is 3. The summed E-state index contributed by atoms with van der Waals surface area (Å²) < 4.78 is 46.4. The number of carbonyl (C=O) groups is 3. The van der Waals surface area contributed by atoms with Crippen LogP contribution >= 0.6 is 0 Å². The molecule has 1 unspecified atom stereocenters. The zero-order valence-corrected chi connectivity index (χ0v) is 19.3. The van der Waals surface area contributed by atoms with Crippen LogP contribution in [0.2, 0.25) is 0 Å². The van der Waals surface area contributed by atoms with Gasteiger partial charge in [0, 0.05) is 25.2 Å². The first-order valence-corrected chi connectivity index (χ1v) is 11.7. The molecule has 0 bridgehead atoms. The van der Waals surface area contributed by atoms with E-state index in [0.717, 1.165) is 22.5 Å². The average molecular weight is 480 g/mol. The van der Waals surface area contributed by atoms with Crippen molar-refractivity contribution in [3.63, 3.8) is 0 Å². The van der Waals surface area contributed by atoms with Gasteiger partial charge in [0.2, 0.25) is 16.1 Å². The van der Waals surface area contributed by atoms with Gasteiger partial charge in [-0.15, -0.1) is 0 Å². The van der Waals surface area contributed by atoms with Crippen molar-refractivity contribution in [2.24, 2.45) is 0 Å². The van der Waals surface area contributed by atoms with E-state index >= 15 is 0 Å². The van der Waals surface area contributed by atoms with E-state index in [1.807, 2.05) is 0 Å². The molecule has 0 aliphatic carbocycles. The number of nitrogens with zero attached hydrogens (tertiary/aromatic N) is 1. The molecule has 0 aromatic heterocycles. The Kier molecular flexibility index (Phi) is 9.06. The van der Waals surface area contributed by atoms with Crippen LogP contribution < -0.4 is 10.6 Å². The maximum atomic E-state index is 14.5. The number of ether oxygens (including phenoxy) is 1. The molecule has 0 saturated heterocycles. The minimum absolute atomic E-state index is 0.187. The van der Waals surface area contributed by atoms with E-state index in [1.165, 1.54) is 12.1 Å². The fraction of sp³-hybridized carbons (Fsp3) is 0.318. The number of rotatable bonds is 9. The molecule has 2 aromatic rings. The number of hydrogen-bond acceptors (Lipinski definition) is 6. The zero-order valence-electron chi connectivity index (χ0n) is 18.5. The zero-order chi connectivity index (χ0) is 24.6. The Hall–Kier alpha value is -3.31. The van der Waals surface area contributed by atoms with E-state index in [4.69, 9.17) is 4.74 Å². The number of hydrogen-bond donors (Lipinski definition) is 2. The number of esters is 1. The average Bonchev–Trinajstić information content (AvgIpc) is 2.78. The fourth-order valence-corrected chi connectivity index (χ4v) is 4.47. The van der Waals surface area contributed by atoms with Crippen LogP contribution in [-0.4, -0.2) is 50.3 Å². The van der Waals surface area contributed by atoms with Gasteiger partial charge in [-0.05, 0) is 25.1 Å². The van der Waals surface area contributed by atoms with Crippen LogP contribution in [0.5, 0.6) is 0 Å². The van der Waals surface area contributed by atoms with Crippen LogP contribution in [0.1, 0.15) is 42.8 Å². The number of carbonyl (C=O) groups excluding carboxylic acids is 3. The van der Waals surface area contributed by atoms with Gasteiger partial charge in [0.15, 0.2) is 0 Å². The maximum Gasteiger partial charge on any atom is 0.342 e. The van der Waals surface area contributed by atoms with Crippen LogP contribution in [0, 0.1) is 5.82 Å². The van der Waals surface area contributed by atoms with E-state index in [1.54, 1.807) is 39.0 Å². The molecule has 2 N–H and O–H groups in total. The molecule has 0 radical (unpaired) electrons. The third kappa shape index (κ3) is 6.36. The number of sulfonamides is 1. The Bertz CT molecular complexity index is 1100. The lowest BCUT2D eigenvalue weighted by Crippen LogP contribution is -2.42. The number of halogens is 1. The lowest BCUT2D eigenvalue weighted by Gasteiger charge is -2.20. The Balaban J connectivity index is 2.39. The lowest BCUT2D eigenvalue weighted by atomic mass is 10.1. The summed E-state index contributed by atoms with van der Waals surface area (Å²) in [7, 11) is -3.97. The van der Waals surface area contributed by atoms with Crippen molar-refractivity contribution in [3.05, 3.63) is 65.5 Å².